The average molecular weight is 614 g/mol. The number of para-hydroxylation sites is 1. The van der Waals surface area contributed by atoms with Gasteiger partial charge in [0, 0.05) is 44.0 Å². The van der Waals surface area contributed by atoms with Crippen LogP contribution in [0.4, 0.5) is 0 Å². The van der Waals surface area contributed by atoms with Crippen molar-refractivity contribution < 1.29 is 0 Å². The van der Waals surface area contributed by atoms with Crippen LogP contribution in [-0.2, 0) is 0 Å². The van der Waals surface area contributed by atoms with E-state index in [2.05, 4.69) is 97.1 Å². The van der Waals surface area contributed by atoms with Crippen molar-refractivity contribution in [3.8, 4) is 56.5 Å². The predicted molar refractivity (Wildman–Crippen MR) is 195 cm³/mol. The molecule has 0 aliphatic rings. The van der Waals surface area contributed by atoms with Crippen molar-refractivity contribution in [2.75, 3.05) is 0 Å². The van der Waals surface area contributed by atoms with E-state index >= 15 is 0 Å². The van der Waals surface area contributed by atoms with E-state index in [0.717, 1.165) is 66.2 Å². The first-order valence-electron chi connectivity index (χ1n) is 15.9. The van der Waals surface area contributed by atoms with Gasteiger partial charge in [-0.25, -0.2) is 24.9 Å². The van der Waals surface area contributed by atoms with Crippen LogP contribution in [0.3, 0.4) is 0 Å². The van der Waals surface area contributed by atoms with Gasteiger partial charge in [0.25, 0.3) is 0 Å². The molecule has 0 aliphatic heterocycles. The Morgan fingerprint density at radius 2 is 0.792 bits per heavy atom. The molecule has 9 aromatic rings. The lowest BCUT2D eigenvalue weighted by Gasteiger charge is -2.13. The Hall–Kier alpha value is -6.59. The summed E-state index contributed by atoms with van der Waals surface area (Å²) in [5.74, 6) is 1.90. The van der Waals surface area contributed by atoms with Crippen LogP contribution in [0, 0.1) is 0 Å². The Kier molecular flexibility index (Phi) is 6.72. The smallest absolute Gasteiger partial charge is 0.164 e. The number of nitrogens with zero attached hydrogens (tertiary/aromatic N) is 5. The Morgan fingerprint density at radius 1 is 0.292 bits per heavy atom. The molecule has 0 aliphatic carbocycles. The van der Waals surface area contributed by atoms with Crippen LogP contribution in [0.2, 0.25) is 0 Å². The first-order valence-corrected chi connectivity index (χ1v) is 15.9. The highest BCUT2D eigenvalue weighted by atomic mass is 15.0. The molecule has 48 heavy (non-hydrogen) atoms. The minimum atomic E-state index is 0.622. The maximum absolute atomic E-state index is 5.22. The maximum atomic E-state index is 5.22. The lowest BCUT2D eigenvalue weighted by Crippen LogP contribution is -2.00. The third kappa shape index (κ3) is 4.95. The number of pyridine rings is 2. The fraction of sp³-hybridized carbons (Fsp3) is 0. The van der Waals surface area contributed by atoms with Gasteiger partial charge in [-0.2, -0.15) is 0 Å². The first-order chi connectivity index (χ1) is 23.8. The fourth-order valence-corrected chi connectivity index (χ4v) is 6.34. The number of aromatic nitrogens is 5. The zero-order chi connectivity index (χ0) is 31.9. The van der Waals surface area contributed by atoms with Crippen LogP contribution >= 0.6 is 0 Å². The molecule has 3 aromatic heterocycles. The molecule has 0 bridgehead atoms. The molecule has 6 aromatic carbocycles. The lowest BCUT2D eigenvalue weighted by molar-refractivity contribution is 1.07. The quantitative estimate of drug-likeness (QED) is 0.143. The Bertz CT molecular complexity index is 2530. The van der Waals surface area contributed by atoms with E-state index in [0.29, 0.717) is 17.5 Å². The van der Waals surface area contributed by atoms with Crippen LogP contribution in [0.15, 0.2) is 164 Å². The standard InChI is InChI=1S/C43H27N5/c1-4-12-29(13-5-1)38-34-18-10-11-19-37(34)45-40-35(38)26-24-30-25-27-36(44-39(30)40)28-20-22-33(23-21-28)43-47-41(31-14-6-2-7-15-31)46-42(48-43)32-16-8-3-9-17-32/h1-27H. The summed E-state index contributed by atoms with van der Waals surface area (Å²) in [6.45, 7) is 0. The molecule has 0 N–H and O–H groups in total. The first kappa shape index (κ1) is 27.7. The number of hydrogen-bond acceptors (Lipinski definition) is 5. The van der Waals surface area contributed by atoms with E-state index in [1.54, 1.807) is 0 Å². The minimum absolute atomic E-state index is 0.622. The normalized spacial score (nSPS) is 11.3. The van der Waals surface area contributed by atoms with Crippen molar-refractivity contribution in [1.82, 2.24) is 24.9 Å². The molecule has 0 spiro atoms. The predicted octanol–water partition coefficient (Wildman–Crippen LogP) is 10.5. The largest absolute Gasteiger partial charge is 0.245 e. The van der Waals surface area contributed by atoms with Gasteiger partial charge < -0.3 is 0 Å². The zero-order valence-corrected chi connectivity index (χ0v) is 25.8. The van der Waals surface area contributed by atoms with E-state index in [9.17, 15) is 0 Å². The van der Waals surface area contributed by atoms with Gasteiger partial charge in [-0.15, -0.1) is 0 Å². The number of rotatable bonds is 5. The molecule has 224 valence electrons. The number of hydrogen-bond donors (Lipinski definition) is 0. The third-order valence-electron chi connectivity index (χ3n) is 8.71. The number of fused-ring (bicyclic) bond motifs is 4. The molecular formula is C43H27N5. The second-order valence-corrected chi connectivity index (χ2v) is 11.7. The number of benzene rings is 6. The highest BCUT2D eigenvalue weighted by Crippen LogP contribution is 2.37. The highest BCUT2D eigenvalue weighted by molar-refractivity contribution is 6.16. The van der Waals surface area contributed by atoms with Crippen LogP contribution in [0.1, 0.15) is 0 Å². The highest BCUT2D eigenvalue weighted by Gasteiger charge is 2.16. The van der Waals surface area contributed by atoms with Gasteiger partial charge in [0.2, 0.25) is 0 Å². The average Bonchev–Trinajstić information content (AvgIpc) is 3.17. The van der Waals surface area contributed by atoms with Crippen LogP contribution < -0.4 is 0 Å². The molecule has 0 saturated carbocycles. The molecule has 0 fully saturated rings. The third-order valence-corrected chi connectivity index (χ3v) is 8.71. The van der Waals surface area contributed by atoms with Crippen molar-refractivity contribution in [2.24, 2.45) is 0 Å². The second kappa shape index (κ2) is 11.6. The van der Waals surface area contributed by atoms with Gasteiger partial charge in [-0.3, -0.25) is 0 Å². The second-order valence-electron chi connectivity index (χ2n) is 11.7. The van der Waals surface area contributed by atoms with Gasteiger partial charge in [0.05, 0.1) is 22.2 Å². The zero-order valence-electron chi connectivity index (χ0n) is 25.8. The van der Waals surface area contributed by atoms with Crippen molar-refractivity contribution in [3.05, 3.63) is 164 Å². The lowest BCUT2D eigenvalue weighted by atomic mass is 9.95. The summed E-state index contributed by atoms with van der Waals surface area (Å²) in [6, 6.07) is 55.8. The summed E-state index contributed by atoms with van der Waals surface area (Å²) in [4.78, 5) is 25.0. The summed E-state index contributed by atoms with van der Waals surface area (Å²) in [7, 11) is 0. The van der Waals surface area contributed by atoms with Gasteiger partial charge >= 0.3 is 0 Å². The van der Waals surface area contributed by atoms with Crippen molar-refractivity contribution in [2.45, 2.75) is 0 Å². The van der Waals surface area contributed by atoms with E-state index in [4.69, 9.17) is 24.9 Å². The van der Waals surface area contributed by atoms with Gasteiger partial charge in [-0.1, -0.05) is 152 Å². The topological polar surface area (TPSA) is 64.5 Å². The SMILES string of the molecule is c1ccc(-c2nc(-c3ccccc3)nc(-c3ccc(-c4ccc5ccc6c(-c7ccccc7)c7ccccc7nc6c5n4)cc3)n2)cc1. The Labute approximate surface area is 277 Å². The molecular weight excluding hydrogens is 587 g/mol. The van der Waals surface area contributed by atoms with E-state index < -0.39 is 0 Å². The minimum Gasteiger partial charge on any atom is -0.245 e. The Morgan fingerprint density at radius 3 is 1.42 bits per heavy atom. The fourth-order valence-electron chi connectivity index (χ4n) is 6.34. The summed E-state index contributed by atoms with van der Waals surface area (Å²) in [6.07, 6.45) is 0. The maximum Gasteiger partial charge on any atom is 0.164 e. The molecule has 0 unspecified atom stereocenters. The van der Waals surface area contributed by atoms with Crippen LogP contribution in [0.5, 0.6) is 0 Å². The summed E-state index contributed by atoms with van der Waals surface area (Å²) in [5, 5.41) is 3.27. The van der Waals surface area contributed by atoms with E-state index in [-0.39, 0.29) is 0 Å². The van der Waals surface area contributed by atoms with Crippen molar-refractivity contribution >= 4 is 32.7 Å². The van der Waals surface area contributed by atoms with Crippen molar-refractivity contribution in [1.29, 1.82) is 0 Å². The van der Waals surface area contributed by atoms with E-state index in [1.165, 1.54) is 5.56 Å². The van der Waals surface area contributed by atoms with Gasteiger partial charge in [-0.05, 0) is 17.7 Å². The van der Waals surface area contributed by atoms with E-state index in [1.807, 2.05) is 66.7 Å². The van der Waals surface area contributed by atoms with Gasteiger partial charge in [0.15, 0.2) is 17.5 Å². The molecule has 0 amide bonds. The molecule has 3 heterocycles. The van der Waals surface area contributed by atoms with Gasteiger partial charge in [0.1, 0.15) is 0 Å². The molecule has 0 radical (unpaired) electrons. The van der Waals surface area contributed by atoms with Crippen LogP contribution in [0.25, 0.3) is 89.3 Å². The summed E-state index contributed by atoms with van der Waals surface area (Å²) in [5.41, 5.74) is 9.75. The molecule has 9 rings (SSSR count). The summed E-state index contributed by atoms with van der Waals surface area (Å²) >= 11 is 0. The monoisotopic (exact) mass is 613 g/mol. The molecule has 5 heteroatoms. The van der Waals surface area contributed by atoms with Crippen molar-refractivity contribution in [3.63, 3.8) is 0 Å². The Balaban J connectivity index is 1.16. The molecule has 0 atom stereocenters. The molecule has 5 nitrogen and oxygen atoms in total. The summed E-state index contributed by atoms with van der Waals surface area (Å²) < 4.78 is 0. The van der Waals surface area contributed by atoms with Crippen LogP contribution in [-0.4, -0.2) is 24.9 Å². The molecule has 0 saturated heterocycles.